The van der Waals surface area contributed by atoms with E-state index < -0.39 is 0 Å². The number of likely N-dealkylation sites (N-methyl/N-ethyl adjacent to an activating group) is 1. The van der Waals surface area contributed by atoms with Crippen molar-refractivity contribution < 1.29 is 4.39 Å². The molecule has 0 spiro atoms. The summed E-state index contributed by atoms with van der Waals surface area (Å²) in [4.78, 5) is 2.33. The third-order valence-electron chi connectivity index (χ3n) is 4.47. The van der Waals surface area contributed by atoms with Gasteiger partial charge >= 0.3 is 0 Å². The van der Waals surface area contributed by atoms with Crippen LogP contribution < -0.4 is 0 Å². The molecular formula is C13H15ClFN. The van der Waals surface area contributed by atoms with E-state index in [1.165, 1.54) is 0 Å². The van der Waals surface area contributed by atoms with Crippen LogP contribution in [0.15, 0.2) is 18.2 Å². The SMILES string of the molecule is C[C@@H]1[C@H]2CN(C)CC12c1ccc(Cl)c(F)c1. The van der Waals surface area contributed by atoms with E-state index in [0.717, 1.165) is 18.7 Å². The van der Waals surface area contributed by atoms with Crippen LogP contribution in [0.25, 0.3) is 0 Å². The third-order valence-corrected chi connectivity index (χ3v) is 4.77. The largest absolute Gasteiger partial charge is 0.305 e. The number of benzene rings is 1. The molecule has 1 aromatic carbocycles. The van der Waals surface area contributed by atoms with Crippen molar-refractivity contribution in [1.82, 2.24) is 4.90 Å². The molecule has 1 aromatic rings. The number of likely N-dealkylation sites (tertiary alicyclic amines) is 1. The lowest BCUT2D eigenvalue weighted by molar-refractivity contribution is 0.338. The number of piperidine rings is 1. The summed E-state index contributed by atoms with van der Waals surface area (Å²) in [5.74, 6) is 1.07. The van der Waals surface area contributed by atoms with Gasteiger partial charge in [-0.15, -0.1) is 0 Å². The zero-order valence-electron chi connectivity index (χ0n) is 9.50. The van der Waals surface area contributed by atoms with Gasteiger partial charge in [0.05, 0.1) is 5.02 Å². The normalized spacial score (nSPS) is 37.5. The first kappa shape index (κ1) is 10.5. The molecular weight excluding hydrogens is 225 g/mol. The molecule has 0 bridgehead atoms. The zero-order chi connectivity index (χ0) is 11.5. The van der Waals surface area contributed by atoms with Crippen LogP contribution in [0.5, 0.6) is 0 Å². The van der Waals surface area contributed by atoms with Gasteiger partial charge in [-0.3, -0.25) is 0 Å². The molecule has 1 saturated carbocycles. The lowest BCUT2D eigenvalue weighted by atomic mass is 9.93. The Balaban J connectivity index is 2.01. The number of fused-ring (bicyclic) bond motifs is 1. The molecule has 0 amide bonds. The number of hydrogen-bond acceptors (Lipinski definition) is 1. The second-order valence-electron chi connectivity index (χ2n) is 5.26. The predicted octanol–water partition coefficient (Wildman–Crippen LogP) is 2.93. The summed E-state index contributed by atoms with van der Waals surface area (Å²) in [6.45, 7) is 4.44. The fourth-order valence-electron chi connectivity index (χ4n) is 3.51. The predicted molar refractivity (Wildman–Crippen MR) is 63.2 cm³/mol. The summed E-state index contributed by atoms with van der Waals surface area (Å²) in [6.07, 6.45) is 0. The molecule has 2 aliphatic rings. The third kappa shape index (κ3) is 1.20. The Hall–Kier alpha value is -0.600. The highest BCUT2D eigenvalue weighted by atomic mass is 35.5. The molecule has 1 nitrogen and oxygen atoms in total. The Morgan fingerprint density at radius 2 is 2.25 bits per heavy atom. The van der Waals surface area contributed by atoms with Crippen molar-refractivity contribution in [2.75, 3.05) is 20.1 Å². The maximum absolute atomic E-state index is 13.5. The van der Waals surface area contributed by atoms with E-state index >= 15 is 0 Å². The van der Waals surface area contributed by atoms with E-state index in [-0.39, 0.29) is 16.3 Å². The topological polar surface area (TPSA) is 3.24 Å². The van der Waals surface area contributed by atoms with Crippen LogP contribution in [-0.4, -0.2) is 25.0 Å². The Morgan fingerprint density at radius 1 is 1.50 bits per heavy atom. The van der Waals surface area contributed by atoms with Crippen LogP contribution in [-0.2, 0) is 5.41 Å². The molecule has 1 saturated heterocycles. The molecule has 1 unspecified atom stereocenters. The van der Waals surface area contributed by atoms with Crippen molar-refractivity contribution in [3.05, 3.63) is 34.6 Å². The zero-order valence-corrected chi connectivity index (χ0v) is 10.3. The molecule has 1 aliphatic carbocycles. The second-order valence-corrected chi connectivity index (χ2v) is 5.67. The van der Waals surface area contributed by atoms with Crippen molar-refractivity contribution >= 4 is 11.6 Å². The summed E-state index contributed by atoms with van der Waals surface area (Å²) >= 11 is 5.73. The van der Waals surface area contributed by atoms with Gasteiger partial charge in [0.15, 0.2) is 0 Å². The Kier molecular flexibility index (Phi) is 2.11. The van der Waals surface area contributed by atoms with Gasteiger partial charge in [-0.05, 0) is 36.6 Å². The fourth-order valence-corrected chi connectivity index (χ4v) is 3.63. The van der Waals surface area contributed by atoms with Gasteiger partial charge < -0.3 is 4.90 Å². The highest BCUT2D eigenvalue weighted by Crippen LogP contribution is 2.63. The molecule has 3 heteroatoms. The Labute approximate surface area is 100 Å². The molecule has 1 aliphatic heterocycles. The van der Waals surface area contributed by atoms with Crippen molar-refractivity contribution in [2.24, 2.45) is 11.8 Å². The van der Waals surface area contributed by atoms with Crippen LogP contribution in [0.4, 0.5) is 4.39 Å². The van der Waals surface area contributed by atoms with Crippen LogP contribution in [0, 0.1) is 17.7 Å². The standard InChI is InChI=1S/C13H15ClFN/c1-8-10-6-16(2)7-13(8,10)9-3-4-11(14)12(15)5-9/h3-5,8,10H,6-7H2,1-2H3/t8-,10-,13?/m1/s1. The van der Waals surface area contributed by atoms with Gasteiger partial charge in [0.2, 0.25) is 0 Å². The monoisotopic (exact) mass is 239 g/mol. The minimum Gasteiger partial charge on any atom is -0.305 e. The Morgan fingerprint density at radius 3 is 2.88 bits per heavy atom. The van der Waals surface area contributed by atoms with Crippen molar-refractivity contribution in [3.8, 4) is 0 Å². The second kappa shape index (κ2) is 3.21. The van der Waals surface area contributed by atoms with Gasteiger partial charge in [0, 0.05) is 18.5 Å². The van der Waals surface area contributed by atoms with E-state index in [0.29, 0.717) is 11.8 Å². The minimum absolute atomic E-state index is 0.195. The fraction of sp³-hybridized carbons (Fsp3) is 0.538. The lowest BCUT2D eigenvalue weighted by Crippen LogP contribution is -2.25. The molecule has 16 heavy (non-hydrogen) atoms. The van der Waals surface area contributed by atoms with Crippen LogP contribution >= 0.6 is 11.6 Å². The smallest absolute Gasteiger partial charge is 0.142 e. The summed E-state index contributed by atoms with van der Waals surface area (Å²) in [5, 5.41) is 0.219. The van der Waals surface area contributed by atoms with E-state index in [4.69, 9.17) is 11.6 Å². The van der Waals surface area contributed by atoms with E-state index in [1.807, 2.05) is 6.07 Å². The van der Waals surface area contributed by atoms with Gasteiger partial charge in [-0.25, -0.2) is 4.39 Å². The summed E-state index contributed by atoms with van der Waals surface area (Å²) in [5.41, 5.74) is 1.32. The van der Waals surface area contributed by atoms with E-state index in [1.54, 1.807) is 12.1 Å². The number of rotatable bonds is 1. The van der Waals surface area contributed by atoms with E-state index in [9.17, 15) is 4.39 Å². The average molecular weight is 240 g/mol. The molecule has 0 radical (unpaired) electrons. The first-order chi connectivity index (χ1) is 7.55. The number of hydrogen-bond donors (Lipinski definition) is 0. The van der Waals surface area contributed by atoms with E-state index in [2.05, 4.69) is 18.9 Å². The molecule has 0 N–H and O–H groups in total. The highest BCUT2D eigenvalue weighted by molar-refractivity contribution is 6.30. The van der Waals surface area contributed by atoms with Crippen molar-refractivity contribution in [1.29, 1.82) is 0 Å². The van der Waals surface area contributed by atoms with Crippen LogP contribution in [0.3, 0.4) is 0 Å². The minimum atomic E-state index is -0.291. The van der Waals surface area contributed by atoms with Crippen LogP contribution in [0.1, 0.15) is 12.5 Å². The summed E-state index contributed by atoms with van der Waals surface area (Å²) in [7, 11) is 2.13. The average Bonchev–Trinajstić information content (AvgIpc) is 2.65. The highest BCUT2D eigenvalue weighted by Gasteiger charge is 2.66. The Bertz CT molecular complexity index is 448. The molecule has 1 heterocycles. The molecule has 0 aromatic heterocycles. The van der Waals surface area contributed by atoms with Gasteiger partial charge in [-0.1, -0.05) is 24.6 Å². The molecule has 2 fully saturated rings. The van der Waals surface area contributed by atoms with Crippen molar-refractivity contribution in [3.63, 3.8) is 0 Å². The summed E-state index contributed by atoms with van der Waals surface area (Å²) in [6, 6.07) is 5.29. The van der Waals surface area contributed by atoms with Gasteiger partial charge in [0.25, 0.3) is 0 Å². The lowest BCUT2D eigenvalue weighted by Gasteiger charge is -2.19. The maximum Gasteiger partial charge on any atom is 0.142 e. The quantitative estimate of drug-likeness (QED) is 0.729. The molecule has 3 rings (SSSR count). The molecule has 86 valence electrons. The number of halogens is 2. The maximum atomic E-state index is 13.5. The first-order valence-corrected chi connectivity index (χ1v) is 6.07. The molecule has 3 atom stereocenters. The number of nitrogens with zero attached hydrogens (tertiary/aromatic N) is 1. The van der Waals surface area contributed by atoms with Gasteiger partial charge in [0.1, 0.15) is 5.82 Å². The summed E-state index contributed by atoms with van der Waals surface area (Å²) < 4.78 is 13.5. The van der Waals surface area contributed by atoms with Gasteiger partial charge in [-0.2, -0.15) is 0 Å². The van der Waals surface area contributed by atoms with Crippen molar-refractivity contribution in [2.45, 2.75) is 12.3 Å². The first-order valence-electron chi connectivity index (χ1n) is 5.70. The van der Waals surface area contributed by atoms with Crippen LogP contribution in [0.2, 0.25) is 5.02 Å².